The Hall–Kier alpha value is 0.160. The van der Waals surface area contributed by atoms with Crippen molar-refractivity contribution >= 4 is 21.7 Å². The van der Waals surface area contributed by atoms with Crippen LogP contribution in [-0.2, 0) is 14.3 Å². The summed E-state index contributed by atoms with van der Waals surface area (Å²) in [5, 5.41) is 8.73. The maximum atomic E-state index is 10.5. The molecule has 0 heterocycles. The summed E-state index contributed by atoms with van der Waals surface area (Å²) in [5.74, 6) is -0.560. The molecule has 0 saturated heterocycles. The standard InChI is InChI=1S/C4H9ClO4S/c1-9-10(7,8)3-4(6)2-5/h4,6H,2-3H2,1H3. The second kappa shape index (κ2) is 4.12. The summed E-state index contributed by atoms with van der Waals surface area (Å²) < 4.78 is 25.1. The van der Waals surface area contributed by atoms with E-state index in [0.717, 1.165) is 7.11 Å². The molecule has 0 radical (unpaired) electrons. The molecule has 0 aliphatic rings. The van der Waals surface area contributed by atoms with Gasteiger partial charge in [-0.05, 0) is 0 Å². The molecule has 0 fully saturated rings. The molecular formula is C4H9ClO4S. The van der Waals surface area contributed by atoms with Crippen molar-refractivity contribution in [2.45, 2.75) is 6.10 Å². The molecule has 0 amide bonds. The normalized spacial score (nSPS) is 15.1. The predicted octanol–water partition coefficient (Wildman–Crippen LogP) is -0.438. The van der Waals surface area contributed by atoms with E-state index in [-0.39, 0.29) is 5.88 Å². The van der Waals surface area contributed by atoms with Gasteiger partial charge in [-0.15, -0.1) is 11.6 Å². The molecule has 1 unspecified atom stereocenters. The van der Waals surface area contributed by atoms with Crippen molar-refractivity contribution in [3.63, 3.8) is 0 Å². The van der Waals surface area contributed by atoms with Gasteiger partial charge in [0.25, 0.3) is 10.1 Å². The summed E-state index contributed by atoms with van der Waals surface area (Å²) in [4.78, 5) is 0. The van der Waals surface area contributed by atoms with Gasteiger partial charge < -0.3 is 5.11 Å². The Morgan fingerprint density at radius 2 is 2.20 bits per heavy atom. The number of aliphatic hydroxyl groups is 1. The molecule has 0 aliphatic carbocycles. The molecule has 1 N–H and O–H groups in total. The molecule has 0 aromatic rings. The van der Waals surface area contributed by atoms with Crippen LogP contribution in [0.3, 0.4) is 0 Å². The largest absolute Gasteiger partial charge is 0.391 e. The first-order valence-corrected chi connectivity index (χ1v) is 4.65. The average Bonchev–Trinajstić information content (AvgIpc) is 1.87. The zero-order chi connectivity index (χ0) is 8.20. The van der Waals surface area contributed by atoms with Crippen molar-refractivity contribution in [3.05, 3.63) is 0 Å². The average molecular weight is 189 g/mol. The molecule has 62 valence electrons. The molecule has 4 nitrogen and oxygen atoms in total. The summed E-state index contributed by atoms with van der Waals surface area (Å²) in [6, 6.07) is 0. The molecule has 0 spiro atoms. The third-order valence-electron chi connectivity index (χ3n) is 0.829. The molecule has 0 aromatic heterocycles. The van der Waals surface area contributed by atoms with Crippen LogP contribution < -0.4 is 0 Å². The van der Waals surface area contributed by atoms with Crippen molar-refractivity contribution in [3.8, 4) is 0 Å². The third-order valence-corrected chi connectivity index (χ3v) is 2.49. The van der Waals surface area contributed by atoms with Gasteiger partial charge in [-0.2, -0.15) is 8.42 Å². The molecule has 0 rings (SSSR count). The van der Waals surface area contributed by atoms with Gasteiger partial charge in [-0.3, -0.25) is 4.18 Å². The minimum atomic E-state index is -3.57. The van der Waals surface area contributed by atoms with E-state index < -0.39 is 22.0 Å². The maximum Gasteiger partial charge on any atom is 0.269 e. The lowest BCUT2D eigenvalue weighted by Gasteiger charge is -2.04. The number of hydrogen-bond acceptors (Lipinski definition) is 4. The van der Waals surface area contributed by atoms with Crippen molar-refractivity contribution in [2.24, 2.45) is 0 Å². The predicted molar refractivity (Wildman–Crippen MR) is 37.5 cm³/mol. The third kappa shape index (κ3) is 4.05. The van der Waals surface area contributed by atoms with Crippen LogP contribution in [0.4, 0.5) is 0 Å². The maximum absolute atomic E-state index is 10.5. The summed E-state index contributed by atoms with van der Waals surface area (Å²) in [6.45, 7) is 0. The van der Waals surface area contributed by atoms with Crippen LogP contribution in [0.25, 0.3) is 0 Å². The molecule has 6 heteroatoms. The van der Waals surface area contributed by atoms with Crippen molar-refractivity contribution < 1.29 is 17.7 Å². The summed E-state index contributed by atoms with van der Waals surface area (Å²) >= 11 is 5.15. The number of aliphatic hydroxyl groups excluding tert-OH is 1. The van der Waals surface area contributed by atoms with E-state index in [4.69, 9.17) is 16.7 Å². The lowest BCUT2D eigenvalue weighted by atomic mass is 10.5. The Bertz CT molecular complexity index is 176. The molecule has 0 saturated carbocycles. The van der Waals surface area contributed by atoms with E-state index in [1.165, 1.54) is 0 Å². The van der Waals surface area contributed by atoms with Crippen molar-refractivity contribution in [1.82, 2.24) is 0 Å². The highest BCUT2D eigenvalue weighted by Gasteiger charge is 2.14. The Morgan fingerprint density at radius 1 is 1.70 bits per heavy atom. The van der Waals surface area contributed by atoms with Crippen molar-refractivity contribution in [2.75, 3.05) is 18.7 Å². The lowest BCUT2D eigenvalue weighted by molar-refractivity contribution is 0.216. The van der Waals surface area contributed by atoms with Gasteiger partial charge in [0, 0.05) is 5.88 Å². The van der Waals surface area contributed by atoms with Crippen LogP contribution in [-0.4, -0.2) is 38.4 Å². The van der Waals surface area contributed by atoms with E-state index in [9.17, 15) is 8.42 Å². The molecule has 0 bridgehead atoms. The van der Waals surface area contributed by atoms with Crippen LogP contribution in [0.1, 0.15) is 0 Å². The summed E-state index contributed by atoms with van der Waals surface area (Å²) in [7, 11) is -2.53. The lowest BCUT2D eigenvalue weighted by Crippen LogP contribution is -2.22. The van der Waals surface area contributed by atoms with Crippen molar-refractivity contribution in [1.29, 1.82) is 0 Å². The fourth-order valence-corrected chi connectivity index (χ4v) is 1.31. The van der Waals surface area contributed by atoms with Gasteiger partial charge in [0.2, 0.25) is 0 Å². The van der Waals surface area contributed by atoms with E-state index in [0.29, 0.717) is 0 Å². The Balaban J connectivity index is 3.90. The molecule has 10 heavy (non-hydrogen) atoms. The Kier molecular flexibility index (Phi) is 4.19. The van der Waals surface area contributed by atoms with Gasteiger partial charge in [0.05, 0.1) is 13.2 Å². The second-order valence-corrected chi connectivity index (χ2v) is 3.79. The SMILES string of the molecule is COS(=O)(=O)CC(O)CCl. The summed E-state index contributed by atoms with van der Waals surface area (Å²) in [5.41, 5.74) is 0. The zero-order valence-electron chi connectivity index (χ0n) is 5.45. The summed E-state index contributed by atoms with van der Waals surface area (Å²) in [6.07, 6.45) is -1.05. The first-order chi connectivity index (χ1) is 4.52. The number of alkyl halides is 1. The van der Waals surface area contributed by atoms with Gasteiger partial charge in [0.15, 0.2) is 0 Å². The highest BCUT2D eigenvalue weighted by Crippen LogP contribution is 1.96. The second-order valence-electron chi connectivity index (χ2n) is 1.70. The van der Waals surface area contributed by atoms with Gasteiger partial charge in [-0.25, -0.2) is 0 Å². The molecule has 0 aliphatic heterocycles. The van der Waals surface area contributed by atoms with E-state index in [1.54, 1.807) is 0 Å². The van der Waals surface area contributed by atoms with E-state index in [1.807, 2.05) is 0 Å². The Morgan fingerprint density at radius 3 is 2.50 bits per heavy atom. The number of halogens is 1. The minimum absolute atomic E-state index is 0.109. The van der Waals surface area contributed by atoms with E-state index in [2.05, 4.69) is 4.18 Å². The smallest absolute Gasteiger partial charge is 0.269 e. The Labute approximate surface area is 64.9 Å². The monoisotopic (exact) mass is 188 g/mol. The molecular weight excluding hydrogens is 180 g/mol. The van der Waals surface area contributed by atoms with E-state index >= 15 is 0 Å². The van der Waals surface area contributed by atoms with Crippen LogP contribution in [0, 0.1) is 0 Å². The zero-order valence-corrected chi connectivity index (χ0v) is 7.02. The quantitative estimate of drug-likeness (QED) is 0.480. The van der Waals surface area contributed by atoms with Crippen LogP contribution in [0.15, 0.2) is 0 Å². The topological polar surface area (TPSA) is 63.6 Å². The number of rotatable bonds is 4. The molecule has 1 atom stereocenters. The fraction of sp³-hybridized carbons (Fsp3) is 1.00. The highest BCUT2D eigenvalue weighted by molar-refractivity contribution is 7.86. The van der Waals surface area contributed by atoms with Gasteiger partial charge in [0.1, 0.15) is 5.75 Å². The fourth-order valence-electron chi connectivity index (χ4n) is 0.348. The molecule has 0 aromatic carbocycles. The van der Waals surface area contributed by atoms with Crippen LogP contribution >= 0.6 is 11.6 Å². The van der Waals surface area contributed by atoms with Gasteiger partial charge >= 0.3 is 0 Å². The number of hydrogen-bond donors (Lipinski definition) is 1. The van der Waals surface area contributed by atoms with Gasteiger partial charge in [-0.1, -0.05) is 0 Å². The highest BCUT2D eigenvalue weighted by atomic mass is 35.5. The van der Waals surface area contributed by atoms with Crippen LogP contribution in [0.2, 0.25) is 0 Å². The minimum Gasteiger partial charge on any atom is -0.391 e. The first kappa shape index (κ1) is 10.2. The first-order valence-electron chi connectivity index (χ1n) is 2.54. The van der Waals surface area contributed by atoms with Crippen LogP contribution in [0.5, 0.6) is 0 Å².